The zero-order chi connectivity index (χ0) is 21.7. The number of thioether (sulfide) groups is 1. The highest BCUT2D eigenvalue weighted by atomic mass is 32.2. The van der Waals surface area contributed by atoms with E-state index in [2.05, 4.69) is 10.0 Å². The monoisotopic (exact) mass is 440 g/mol. The fraction of sp³-hybridized carbons (Fsp3) is 0.174. The molecule has 3 aromatic rings. The highest BCUT2D eigenvalue weighted by molar-refractivity contribution is 8.00. The van der Waals surface area contributed by atoms with Gasteiger partial charge in [-0.1, -0.05) is 35.9 Å². The lowest BCUT2D eigenvalue weighted by Crippen LogP contribution is -2.22. The number of aryl methyl sites for hydroxylation is 2. The molecule has 0 aliphatic heterocycles. The molecule has 3 rings (SSSR count). The SMILES string of the molecule is Cc1ccc(S[C@H](C)C(=O)Nc2ccc(S(=O)(=O)Nc3ccccc3C)cc2)cc1. The van der Waals surface area contributed by atoms with Gasteiger partial charge in [0.05, 0.1) is 15.8 Å². The highest BCUT2D eigenvalue weighted by Crippen LogP contribution is 2.25. The van der Waals surface area contributed by atoms with Crippen molar-refractivity contribution in [2.45, 2.75) is 35.8 Å². The van der Waals surface area contributed by atoms with E-state index in [0.717, 1.165) is 10.5 Å². The van der Waals surface area contributed by atoms with Gasteiger partial charge >= 0.3 is 0 Å². The molecular formula is C23H24N2O3S2. The number of carbonyl (C=O) groups excluding carboxylic acids is 1. The number of amides is 1. The van der Waals surface area contributed by atoms with Crippen LogP contribution in [0.4, 0.5) is 11.4 Å². The summed E-state index contributed by atoms with van der Waals surface area (Å²) in [6, 6.07) is 21.3. The molecule has 1 amide bonds. The van der Waals surface area contributed by atoms with Crippen molar-refractivity contribution in [2.24, 2.45) is 0 Å². The minimum atomic E-state index is -3.71. The Morgan fingerprint density at radius 3 is 2.17 bits per heavy atom. The Kier molecular flexibility index (Phi) is 6.84. The molecule has 0 saturated carbocycles. The summed E-state index contributed by atoms with van der Waals surface area (Å²) in [6.45, 7) is 5.70. The number of nitrogens with one attached hydrogen (secondary N) is 2. The largest absolute Gasteiger partial charge is 0.325 e. The number of para-hydroxylation sites is 1. The lowest BCUT2D eigenvalue weighted by atomic mass is 10.2. The fourth-order valence-corrected chi connectivity index (χ4v) is 4.73. The first-order valence-electron chi connectivity index (χ1n) is 9.47. The maximum atomic E-state index is 12.6. The molecule has 0 spiro atoms. The van der Waals surface area contributed by atoms with Crippen molar-refractivity contribution < 1.29 is 13.2 Å². The van der Waals surface area contributed by atoms with Crippen molar-refractivity contribution in [3.63, 3.8) is 0 Å². The van der Waals surface area contributed by atoms with Crippen LogP contribution in [0, 0.1) is 13.8 Å². The highest BCUT2D eigenvalue weighted by Gasteiger charge is 2.17. The molecule has 0 fully saturated rings. The third kappa shape index (κ3) is 5.64. The van der Waals surface area contributed by atoms with Crippen LogP contribution in [-0.2, 0) is 14.8 Å². The van der Waals surface area contributed by atoms with Crippen LogP contribution >= 0.6 is 11.8 Å². The van der Waals surface area contributed by atoms with Crippen LogP contribution < -0.4 is 10.0 Å². The molecule has 0 saturated heterocycles. The second-order valence-electron chi connectivity index (χ2n) is 7.01. The molecule has 3 aromatic carbocycles. The van der Waals surface area contributed by atoms with Crippen LogP contribution in [0.3, 0.4) is 0 Å². The number of carbonyl (C=O) groups is 1. The van der Waals surface area contributed by atoms with Gasteiger partial charge in [0.15, 0.2) is 0 Å². The van der Waals surface area contributed by atoms with E-state index in [4.69, 9.17) is 0 Å². The molecule has 7 heteroatoms. The lowest BCUT2D eigenvalue weighted by Gasteiger charge is -2.13. The van der Waals surface area contributed by atoms with Gasteiger partial charge in [0.25, 0.3) is 10.0 Å². The van der Waals surface area contributed by atoms with Crippen molar-refractivity contribution in [1.29, 1.82) is 0 Å². The van der Waals surface area contributed by atoms with Gasteiger partial charge < -0.3 is 5.32 Å². The van der Waals surface area contributed by atoms with Gasteiger partial charge in [0.1, 0.15) is 0 Å². The number of benzene rings is 3. The van der Waals surface area contributed by atoms with Gasteiger partial charge in [-0.25, -0.2) is 8.42 Å². The van der Waals surface area contributed by atoms with Crippen molar-refractivity contribution in [1.82, 2.24) is 0 Å². The Labute approximate surface area is 182 Å². The summed E-state index contributed by atoms with van der Waals surface area (Å²) >= 11 is 1.47. The number of hydrogen-bond acceptors (Lipinski definition) is 4. The van der Waals surface area contributed by atoms with E-state index in [0.29, 0.717) is 11.4 Å². The van der Waals surface area contributed by atoms with Crippen molar-refractivity contribution >= 4 is 39.1 Å². The maximum Gasteiger partial charge on any atom is 0.261 e. The van der Waals surface area contributed by atoms with Gasteiger partial charge in [0.2, 0.25) is 5.91 Å². The Morgan fingerprint density at radius 2 is 1.53 bits per heavy atom. The summed E-state index contributed by atoms with van der Waals surface area (Å²) in [5, 5.41) is 2.54. The zero-order valence-electron chi connectivity index (χ0n) is 17.0. The van der Waals surface area contributed by atoms with Gasteiger partial charge in [-0.15, -0.1) is 11.8 Å². The smallest absolute Gasteiger partial charge is 0.261 e. The third-order valence-electron chi connectivity index (χ3n) is 4.52. The van der Waals surface area contributed by atoms with Gasteiger partial charge in [-0.3, -0.25) is 9.52 Å². The normalized spacial score (nSPS) is 12.2. The average molecular weight is 441 g/mol. The van der Waals surface area contributed by atoms with Gasteiger partial charge in [-0.05, 0) is 68.8 Å². The second-order valence-corrected chi connectivity index (χ2v) is 10.1. The number of rotatable bonds is 7. The molecule has 0 aliphatic carbocycles. The number of hydrogen-bond donors (Lipinski definition) is 2. The fourth-order valence-electron chi connectivity index (χ4n) is 2.73. The van der Waals surface area contributed by atoms with Crippen LogP contribution in [0.25, 0.3) is 0 Å². The molecule has 156 valence electrons. The lowest BCUT2D eigenvalue weighted by molar-refractivity contribution is -0.115. The summed E-state index contributed by atoms with van der Waals surface area (Å²) in [5.41, 5.74) is 3.09. The predicted octanol–water partition coefficient (Wildman–Crippen LogP) is 5.22. The summed E-state index contributed by atoms with van der Waals surface area (Å²) in [4.78, 5) is 13.6. The summed E-state index contributed by atoms with van der Waals surface area (Å²) in [7, 11) is -3.71. The average Bonchev–Trinajstić information content (AvgIpc) is 2.71. The van der Waals surface area contributed by atoms with E-state index in [-0.39, 0.29) is 16.1 Å². The van der Waals surface area contributed by atoms with Crippen LogP contribution in [0.5, 0.6) is 0 Å². The molecule has 0 heterocycles. The molecule has 30 heavy (non-hydrogen) atoms. The molecular weight excluding hydrogens is 416 g/mol. The molecule has 5 nitrogen and oxygen atoms in total. The van der Waals surface area contributed by atoms with E-state index >= 15 is 0 Å². The van der Waals surface area contributed by atoms with E-state index in [1.54, 1.807) is 24.3 Å². The molecule has 0 aliphatic rings. The quantitative estimate of drug-likeness (QED) is 0.494. The van der Waals surface area contributed by atoms with Crippen molar-refractivity contribution in [2.75, 3.05) is 10.0 Å². The van der Waals surface area contributed by atoms with E-state index in [9.17, 15) is 13.2 Å². The van der Waals surface area contributed by atoms with E-state index in [1.807, 2.05) is 57.2 Å². The number of sulfonamides is 1. The minimum absolute atomic E-state index is 0.130. The Bertz CT molecular complexity index is 1130. The topological polar surface area (TPSA) is 75.3 Å². The summed E-state index contributed by atoms with van der Waals surface area (Å²) < 4.78 is 27.8. The van der Waals surface area contributed by atoms with Gasteiger partial charge in [-0.2, -0.15) is 0 Å². The maximum absolute atomic E-state index is 12.6. The first-order chi connectivity index (χ1) is 14.2. The second kappa shape index (κ2) is 9.36. The minimum Gasteiger partial charge on any atom is -0.325 e. The van der Waals surface area contributed by atoms with Crippen molar-refractivity contribution in [3.05, 3.63) is 83.9 Å². The molecule has 0 radical (unpaired) electrons. The van der Waals surface area contributed by atoms with Crippen LogP contribution in [-0.4, -0.2) is 19.6 Å². The van der Waals surface area contributed by atoms with Crippen LogP contribution in [0.2, 0.25) is 0 Å². The van der Waals surface area contributed by atoms with Crippen LogP contribution in [0.1, 0.15) is 18.1 Å². The molecule has 0 bridgehead atoms. The molecule has 1 atom stereocenters. The first kappa shape index (κ1) is 21.9. The molecule has 0 aromatic heterocycles. The Balaban J connectivity index is 1.64. The summed E-state index contributed by atoms with van der Waals surface area (Å²) in [6.07, 6.45) is 0. The molecule has 2 N–H and O–H groups in total. The zero-order valence-corrected chi connectivity index (χ0v) is 18.7. The van der Waals surface area contributed by atoms with E-state index < -0.39 is 10.0 Å². The first-order valence-corrected chi connectivity index (χ1v) is 11.8. The van der Waals surface area contributed by atoms with E-state index in [1.165, 1.54) is 29.5 Å². The van der Waals surface area contributed by atoms with Crippen molar-refractivity contribution in [3.8, 4) is 0 Å². The van der Waals surface area contributed by atoms with Crippen LogP contribution in [0.15, 0.2) is 82.6 Å². The number of anilines is 2. The Morgan fingerprint density at radius 1 is 0.900 bits per heavy atom. The molecule has 0 unspecified atom stereocenters. The third-order valence-corrected chi connectivity index (χ3v) is 7.02. The van der Waals surface area contributed by atoms with Gasteiger partial charge in [0, 0.05) is 10.6 Å². The summed E-state index contributed by atoms with van der Waals surface area (Å²) in [5.74, 6) is -0.144. The Hall–Kier alpha value is -2.77. The predicted molar refractivity (Wildman–Crippen MR) is 124 cm³/mol. The standard InChI is InChI=1S/C23H24N2O3S2/c1-16-8-12-20(13-9-16)29-18(3)23(26)24-19-10-14-21(15-11-19)30(27,28)25-22-7-5-4-6-17(22)2/h4-15,18,25H,1-3H3,(H,24,26)/t18-/m1/s1.